The lowest BCUT2D eigenvalue weighted by molar-refractivity contribution is -0.137. The van der Waals surface area contributed by atoms with E-state index in [1.807, 2.05) is 4.72 Å². The molecule has 1 N–H and O–H groups in total. The number of benzene rings is 1. The number of hydrogen-bond donors (Lipinski definition) is 1. The highest BCUT2D eigenvalue weighted by Gasteiger charge is 2.43. The highest BCUT2D eigenvalue weighted by Crippen LogP contribution is 2.38. The Bertz CT molecular complexity index is 759. The highest BCUT2D eigenvalue weighted by molar-refractivity contribution is 7.89. The van der Waals surface area contributed by atoms with Gasteiger partial charge in [0.1, 0.15) is 0 Å². The van der Waals surface area contributed by atoms with Crippen molar-refractivity contribution in [3.05, 3.63) is 35.4 Å². The minimum Gasteiger partial charge on any atom is -0.338 e. The van der Waals surface area contributed by atoms with E-state index < -0.39 is 45.5 Å². The van der Waals surface area contributed by atoms with E-state index in [0.29, 0.717) is 5.56 Å². The lowest BCUT2D eigenvalue weighted by Gasteiger charge is -2.25. The number of halogens is 3. The average molecular weight is 364 g/mol. The molecule has 10 heteroatoms. The second-order valence-corrected chi connectivity index (χ2v) is 7.37. The van der Waals surface area contributed by atoms with E-state index in [-0.39, 0.29) is 6.42 Å². The zero-order chi connectivity index (χ0) is 18.3. The van der Waals surface area contributed by atoms with E-state index >= 15 is 0 Å². The van der Waals surface area contributed by atoms with Crippen molar-refractivity contribution < 1.29 is 31.2 Å². The summed E-state index contributed by atoms with van der Waals surface area (Å²) in [5, 5.41) is 0. The van der Waals surface area contributed by atoms with Gasteiger partial charge >= 0.3 is 6.18 Å². The van der Waals surface area contributed by atoms with Gasteiger partial charge in [-0.1, -0.05) is 12.1 Å². The number of likely N-dealkylation sites (tertiary alicyclic amines) is 1. The van der Waals surface area contributed by atoms with Gasteiger partial charge in [-0.2, -0.15) is 13.2 Å². The Hall–Kier alpha value is -2.10. The monoisotopic (exact) mass is 364 g/mol. The van der Waals surface area contributed by atoms with E-state index in [4.69, 9.17) is 0 Å². The predicted octanol–water partition coefficient (Wildman–Crippen LogP) is 1.30. The van der Waals surface area contributed by atoms with Gasteiger partial charge in [-0.05, 0) is 17.7 Å². The lowest BCUT2D eigenvalue weighted by atomic mass is 9.92. The fourth-order valence-electron chi connectivity index (χ4n) is 2.69. The van der Waals surface area contributed by atoms with Crippen molar-refractivity contribution in [1.29, 1.82) is 0 Å². The van der Waals surface area contributed by atoms with Gasteiger partial charge in [-0.15, -0.1) is 0 Å². The molecule has 2 amide bonds. The largest absolute Gasteiger partial charge is 0.416 e. The average Bonchev–Trinajstić information content (AvgIpc) is 2.72. The van der Waals surface area contributed by atoms with E-state index in [0.717, 1.165) is 18.4 Å². The van der Waals surface area contributed by atoms with Crippen molar-refractivity contribution in [3.63, 3.8) is 0 Å². The molecule has 1 aliphatic rings. The first-order valence-corrected chi connectivity index (χ1v) is 8.74. The summed E-state index contributed by atoms with van der Waals surface area (Å²) in [4.78, 5) is 25.2. The molecule has 0 saturated carbocycles. The van der Waals surface area contributed by atoms with E-state index in [1.54, 1.807) is 0 Å². The second-order valence-electron chi connectivity index (χ2n) is 5.62. The third kappa shape index (κ3) is 3.86. The molecule has 1 aromatic carbocycles. The number of carbonyl (C=O) groups excluding carboxylic acids is 2. The summed E-state index contributed by atoms with van der Waals surface area (Å²) >= 11 is 0. The minimum absolute atomic E-state index is 0.219. The highest BCUT2D eigenvalue weighted by atomic mass is 32.2. The number of carbonyl (C=O) groups is 2. The molecule has 2 unspecified atom stereocenters. The molecule has 24 heavy (non-hydrogen) atoms. The van der Waals surface area contributed by atoms with Gasteiger partial charge in [0.05, 0.1) is 23.8 Å². The molecule has 2 atom stereocenters. The number of sulfonamides is 1. The molecule has 0 bridgehead atoms. The van der Waals surface area contributed by atoms with Gasteiger partial charge < -0.3 is 4.90 Å². The molecule has 132 valence electrons. The summed E-state index contributed by atoms with van der Waals surface area (Å²) in [5.74, 6) is -2.26. The molecule has 1 aromatic rings. The molecule has 1 heterocycles. The molecule has 1 aliphatic heterocycles. The van der Waals surface area contributed by atoms with Crippen molar-refractivity contribution in [2.24, 2.45) is 5.92 Å². The smallest absolute Gasteiger partial charge is 0.338 e. The summed E-state index contributed by atoms with van der Waals surface area (Å²) in [7, 11) is -2.39. The predicted molar refractivity (Wildman–Crippen MR) is 78.0 cm³/mol. The first-order valence-electron chi connectivity index (χ1n) is 6.84. The summed E-state index contributed by atoms with van der Waals surface area (Å²) in [6.07, 6.45) is -3.91. The summed E-state index contributed by atoms with van der Waals surface area (Å²) < 4.78 is 62.1. The Morgan fingerprint density at radius 1 is 1.25 bits per heavy atom. The minimum atomic E-state index is -4.50. The first-order chi connectivity index (χ1) is 10.9. The molecule has 1 saturated heterocycles. The van der Waals surface area contributed by atoms with Gasteiger partial charge in [0, 0.05) is 13.5 Å². The zero-order valence-corrected chi connectivity index (χ0v) is 13.6. The van der Waals surface area contributed by atoms with Crippen LogP contribution in [-0.2, 0) is 25.8 Å². The van der Waals surface area contributed by atoms with Gasteiger partial charge in [0.15, 0.2) is 0 Å². The fraction of sp³-hybridized carbons (Fsp3) is 0.429. The number of amides is 2. The van der Waals surface area contributed by atoms with Crippen LogP contribution in [0.4, 0.5) is 13.2 Å². The van der Waals surface area contributed by atoms with Crippen molar-refractivity contribution in [2.45, 2.75) is 18.6 Å². The summed E-state index contributed by atoms with van der Waals surface area (Å²) in [6, 6.07) is 3.25. The normalized spacial score (nSPS) is 21.9. The topological polar surface area (TPSA) is 83.6 Å². The van der Waals surface area contributed by atoms with Crippen LogP contribution in [0.1, 0.15) is 23.6 Å². The number of alkyl halides is 3. The fourth-order valence-corrected chi connectivity index (χ4v) is 3.21. The maximum Gasteiger partial charge on any atom is 0.416 e. The number of nitrogens with one attached hydrogen (secondary N) is 1. The third-order valence-electron chi connectivity index (χ3n) is 3.79. The van der Waals surface area contributed by atoms with Crippen LogP contribution in [-0.4, -0.2) is 38.4 Å². The van der Waals surface area contributed by atoms with Gasteiger partial charge in [-0.25, -0.2) is 8.42 Å². The van der Waals surface area contributed by atoms with E-state index in [2.05, 4.69) is 0 Å². The Morgan fingerprint density at radius 2 is 1.79 bits per heavy atom. The van der Waals surface area contributed by atoms with Crippen molar-refractivity contribution in [3.8, 4) is 0 Å². The van der Waals surface area contributed by atoms with Crippen LogP contribution in [0.5, 0.6) is 0 Å². The lowest BCUT2D eigenvalue weighted by Crippen LogP contribution is -2.37. The maximum absolute atomic E-state index is 12.6. The Kier molecular flexibility index (Phi) is 4.62. The van der Waals surface area contributed by atoms with Crippen LogP contribution in [0, 0.1) is 5.92 Å². The molecular formula is C14H15F3N2O4S. The molecule has 2 rings (SSSR count). The third-order valence-corrected chi connectivity index (χ3v) is 4.36. The number of hydrogen-bond acceptors (Lipinski definition) is 4. The van der Waals surface area contributed by atoms with Crippen LogP contribution < -0.4 is 4.72 Å². The van der Waals surface area contributed by atoms with Crippen LogP contribution in [0.3, 0.4) is 0 Å². The summed E-state index contributed by atoms with van der Waals surface area (Å²) in [5.41, 5.74) is -0.527. The molecule has 1 fully saturated rings. The van der Waals surface area contributed by atoms with Crippen LogP contribution in [0.15, 0.2) is 24.3 Å². The molecule has 0 radical (unpaired) electrons. The van der Waals surface area contributed by atoms with Crippen LogP contribution >= 0.6 is 0 Å². The molecule has 0 spiro atoms. The maximum atomic E-state index is 12.6. The van der Waals surface area contributed by atoms with Gasteiger partial charge in [0.25, 0.3) is 0 Å². The van der Waals surface area contributed by atoms with E-state index in [1.165, 1.54) is 24.1 Å². The van der Waals surface area contributed by atoms with Gasteiger partial charge in [-0.3, -0.25) is 14.3 Å². The van der Waals surface area contributed by atoms with Crippen molar-refractivity contribution in [1.82, 2.24) is 9.62 Å². The molecule has 0 aromatic heterocycles. The number of nitrogens with zero attached hydrogens (tertiary/aromatic N) is 1. The quantitative estimate of drug-likeness (QED) is 0.876. The number of rotatable bonds is 3. The van der Waals surface area contributed by atoms with Crippen molar-refractivity contribution in [2.75, 3.05) is 13.3 Å². The molecule has 6 nitrogen and oxygen atoms in total. The van der Waals surface area contributed by atoms with Gasteiger partial charge in [0.2, 0.25) is 21.8 Å². The first kappa shape index (κ1) is 18.2. The Morgan fingerprint density at radius 3 is 2.25 bits per heavy atom. The Balaban J connectivity index is 2.34. The Labute approximate surface area is 136 Å². The van der Waals surface area contributed by atoms with Crippen LogP contribution in [0.2, 0.25) is 0 Å². The SMILES string of the molecule is CN1C(=O)CC(C(=O)NS(C)(=O)=O)C1c1ccc(C(F)(F)F)cc1. The zero-order valence-electron chi connectivity index (χ0n) is 12.8. The van der Waals surface area contributed by atoms with Crippen LogP contribution in [0.25, 0.3) is 0 Å². The standard InChI is InChI=1S/C14H15F3N2O4S/c1-19-11(20)7-10(13(21)18-24(2,22)23)12(19)8-3-5-9(6-4-8)14(15,16)17/h3-6,10,12H,7H2,1-2H3,(H,18,21). The van der Waals surface area contributed by atoms with Crippen molar-refractivity contribution >= 4 is 21.8 Å². The second kappa shape index (κ2) is 6.08. The van der Waals surface area contributed by atoms with E-state index in [9.17, 15) is 31.2 Å². The molecule has 0 aliphatic carbocycles. The molecular weight excluding hydrogens is 349 g/mol. The summed E-state index contributed by atoms with van der Waals surface area (Å²) in [6.45, 7) is 0.